The Kier molecular flexibility index (Phi) is 2.88. The molecule has 0 aliphatic carbocycles. The molecule has 2 aromatic heterocycles. The number of hydrogen-bond donors (Lipinski definition) is 0. The molecule has 0 unspecified atom stereocenters. The Morgan fingerprint density at radius 3 is 2.76 bits per heavy atom. The Morgan fingerprint density at radius 2 is 2.18 bits per heavy atom. The van der Waals surface area contributed by atoms with Gasteiger partial charge < -0.3 is 4.57 Å². The summed E-state index contributed by atoms with van der Waals surface area (Å²) >= 11 is 8.99. The van der Waals surface area contributed by atoms with Crippen molar-refractivity contribution >= 4 is 44.3 Å². The number of aryl methyl sites for hydroxylation is 1. The molecule has 0 aromatic carbocycles. The summed E-state index contributed by atoms with van der Waals surface area (Å²) in [4.78, 5) is 25.8. The van der Waals surface area contributed by atoms with Gasteiger partial charge in [-0.05, 0) is 28.1 Å². The molecule has 0 fully saturated rings. The summed E-state index contributed by atoms with van der Waals surface area (Å²) in [6.45, 7) is 0. The van der Waals surface area contributed by atoms with Crippen LogP contribution in [0.1, 0.15) is 0 Å². The summed E-state index contributed by atoms with van der Waals surface area (Å²) in [7, 11) is 1.43. The fraction of sp³-hybridized carbons (Fsp3) is 0.111. The molecule has 17 heavy (non-hydrogen) atoms. The fourth-order valence-electron chi connectivity index (χ4n) is 1.49. The largest absolute Gasteiger partial charge is 0.354 e. The van der Waals surface area contributed by atoms with Crippen LogP contribution >= 0.6 is 27.5 Å². The highest BCUT2D eigenvalue weighted by molar-refractivity contribution is 9.10. The van der Waals surface area contributed by atoms with Crippen LogP contribution in [0.15, 0.2) is 21.5 Å². The van der Waals surface area contributed by atoms with Gasteiger partial charge in [0.1, 0.15) is 10.1 Å². The SMILES string of the molecule is Cn1c(=O)c([N+](=O)[O-])c(Cl)c2nc(Br)ccc21. The van der Waals surface area contributed by atoms with E-state index in [0.29, 0.717) is 10.1 Å². The first-order valence-electron chi connectivity index (χ1n) is 4.42. The van der Waals surface area contributed by atoms with E-state index in [9.17, 15) is 14.9 Å². The lowest BCUT2D eigenvalue weighted by atomic mass is 10.3. The number of nitro groups is 1. The van der Waals surface area contributed by atoms with Gasteiger partial charge in [-0.2, -0.15) is 0 Å². The Morgan fingerprint density at radius 1 is 1.53 bits per heavy atom. The average Bonchev–Trinajstić information content (AvgIpc) is 2.26. The second-order valence-electron chi connectivity index (χ2n) is 3.29. The molecule has 88 valence electrons. The molecule has 0 saturated heterocycles. The second kappa shape index (κ2) is 4.08. The van der Waals surface area contributed by atoms with Gasteiger partial charge in [-0.1, -0.05) is 11.6 Å². The smallest absolute Gasteiger partial charge is 0.304 e. The van der Waals surface area contributed by atoms with E-state index in [-0.39, 0.29) is 10.5 Å². The second-order valence-corrected chi connectivity index (χ2v) is 4.48. The molecule has 2 rings (SSSR count). The van der Waals surface area contributed by atoms with E-state index < -0.39 is 16.2 Å². The number of halogens is 2. The van der Waals surface area contributed by atoms with Gasteiger partial charge in [0.25, 0.3) is 0 Å². The lowest BCUT2D eigenvalue weighted by Gasteiger charge is -2.06. The van der Waals surface area contributed by atoms with Crippen LogP contribution in [0.2, 0.25) is 5.02 Å². The molecule has 0 aliphatic heterocycles. The van der Waals surface area contributed by atoms with Gasteiger partial charge in [-0.25, -0.2) is 4.98 Å². The highest BCUT2D eigenvalue weighted by atomic mass is 79.9. The van der Waals surface area contributed by atoms with Crippen molar-refractivity contribution in [1.82, 2.24) is 9.55 Å². The number of nitrogens with zero attached hydrogens (tertiary/aromatic N) is 3. The van der Waals surface area contributed by atoms with Gasteiger partial charge in [0.2, 0.25) is 0 Å². The van der Waals surface area contributed by atoms with Crippen molar-refractivity contribution in [2.24, 2.45) is 7.05 Å². The topological polar surface area (TPSA) is 78.0 Å². The van der Waals surface area contributed by atoms with Crippen LogP contribution in [0.3, 0.4) is 0 Å². The minimum Gasteiger partial charge on any atom is -0.304 e. The van der Waals surface area contributed by atoms with Crippen molar-refractivity contribution in [2.75, 3.05) is 0 Å². The minimum atomic E-state index is -0.799. The first-order valence-corrected chi connectivity index (χ1v) is 5.59. The van der Waals surface area contributed by atoms with Gasteiger partial charge >= 0.3 is 11.2 Å². The highest BCUT2D eigenvalue weighted by Gasteiger charge is 2.24. The highest BCUT2D eigenvalue weighted by Crippen LogP contribution is 2.28. The fourth-order valence-corrected chi connectivity index (χ4v) is 2.09. The van der Waals surface area contributed by atoms with Crippen LogP contribution in [0, 0.1) is 10.1 Å². The normalized spacial score (nSPS) is 10.8. The number of pyridine rings is 2. The first-order chi connectivity index (χ1) is 7.93. The van der Waals surface area contributed by atoms with E-state index in [1.807, 2.05) is 0 Å². The molecule has 2 aromatic rings. The Hall–Kier alpha value is -1.47. The lowest BCUT2D eigenvalue weighted by Crippen LogP contribution is -2.21. The Bertz CT molecular complexity index is 698. The third kappa shape index (κ3) is 1.81. The maximum Gasteiger partial charge on any atom is 0.354 e. The number of aromatic nitrogens is 2. The zero-order valence-electron chi connectivity index (χ0n) is 8.48. The molecule has 0 aliphatic rings. The molecular formula is C9H5BrClN3O3. The first kappa shape index (κ1) is 12.0. The quantitative estimate of drug-likeness (QED) is 0.459. The predicted octanol–water partition coefficient (Wildman–Crippen LogP) is 2.26. The number of rotatable bonds is 1. The van der Waals surface area contributed by atoms with Gasteiger partial charge in [0.15, 0.2) is 5.02 Å². The zero-order valence-corrected chi connectivity index (χ0v) is 10.8. The molecule has 0 radical (unpaired) electrons. The van der Waals surface area contributed by atoms with Gasteiger partial charge in [0.05, 0.1) is 10.4 Å². The lowest BCUT2D eigenvalue weighted by molar-refractivity contribution is -0.386. The van der Waals surface area contributed by atoms with Crippen molar-refractivity contribution in [1.29, 1.82) is 0 Å². The van der Waals surface area contributed by atoms with Crippen molar-refractivity contribution in [3.8, 4) is 0 Å². The van der Waals surface area contributed by atoms with Crippen LogP contribution in [0.25, 0.3) is 11.0 Å². The molecule has 2 heterocycles. The van der Waals surface area contributed by atoms with Crippen LogP contribution in [0.5, 0.6) is 0 Å². The van der Waals surface area contributed by atoms with Crippen molar-refractivity contribution in [3.63, 3.8) is 0 Å². The van der Waals surface area contributed by atoms with E-state index in [0.717, 1.165) is 4.57 Å². The van der Waals surface area contributed by atoms with E-state index >= 15 is 0 Å². The van der Waals surface area contributed by atoms with Crippen molar-refractivity contribution in [3.05, 3.63) is 42.2 Å². The standard InChI is InChI=1S/C9H5BrClN3O3/c1-13-4-2-3-5(10)12-7(4)6(11)8(9(13)15)14(16)17/h2-3H,1H3. The monoisotopic (exact) mass is 317 g/mol. The van der Waals surface area contributed by atoms with Crippen LogP contribution in [-0.2, 0) is 7.05 Å². The third-order valence-electron chi connectivity index (χ3n) is 2.31. The molecule has 0 saturated carbocycles. The molecule has 0 spiro atoms. The molecular weight excluding hydrogens is 313 g/mol. The number of fused-ring (bicyclic) bond motifs is 1. The maximum atomic E-state index is 11.7. The van der Waals surface area contributed by atoms with E-state index in [2.05, 4.69) is 20.9 Å². The van der Waals surface area contributed by atoms with Crippen LogP contribution in [0.4, 0.5) is 5.69 Å². The van der Waals surface area contributed by atoms with E-state index in [4.69, 9.17) is 11.6 Å². The maximum absolute atomic E-state index is 11.7. The predicted molar refractivity (Wildman–Crippen MR) is 66.3 cm³/mol. The van der Waals surface area contributed by atoms with Crippen LogP contribution < -0.4 is 5.56 Å². The zero-order chi connectivity index (χ0) is 12.7. The van der Waals surface area contributed by atoms with Crippen molar-refractivity contribution in [2.45, 2.75) is 0 Å². The Labute approximate surface area is 108 Å². The number of hydrogen-bond acceptors (Lipinski definition) is 4. The van der Waals surface area contributed by atoms with Crippen LogP contribution in [-0.4, -0.2) is 14.5 Å². The molecule has 8 heteroatoms. The molecule has 0 bridgehead atoms. The van der Waals surface area contributed by atoms with Gasteiger partial charge in [0, 0.05) is 7.05 Å². The molecule has 0 amide bonds. The summed E-state index contributed by atoms with van der Waals surface area (Å²) in [6, 6.07) is 3.24. The van der Waals surface area contributed by atoms with Gasteiger partial charge in [-0.3, -0.25) is 14.9 Å². The summed E-state index contributed by atoms with van der Waals surface area (Å²) in [6.07, 6.45) is 0. The summed E-state index contributed by atoms with van der Waals surface area (Å²) < 4.78 is 1.64. The summed E-state index contributed by atoms with van der Waals surface area (Å²) in [5, 5.41) is 10.6. The molecule has 0 N–H and O–H groups in total. The minimum absolute atomic E-state index is 0.217. The average molecular weight is 319 g/mol. The van der Waals surface area contributed by atoms with Crippen molar-refractivity contribution < 1.29 is 4.92 Å². The molecule has 6 nitrogen and oxygen atoms in total. The van der Waals surface area contributed by atoms with E-state index in [1.165, 1.54) is 7.05 Å². The Balaban J connectivity index is 3.06. The summed E-state index contributed by atoms with van der Waals surface area (Å²) in [5.74, 6) is 0. The third-order valence-corrected chi connectivity index (χ3v) is 3.11. The van der Waals surface area contributed by atoms with E-state index in [1.54, 1.807) is 12.1 Å². The van der Waals surface area contributed by atoms with Gasteiger partial charge in [-0.15, -0.1) is 0 Å². The molecule has 0 atom stereocenters. The summed E-state index contributed by atoms with van der Waals surface area (Å²) in [5.41, 5.74) is -0.757.